The smallest absolute Gasteiger partial charge is 0.226 e. The molecule has 0 bridgehead atoms. The van der Waals surface area contributed by atoms with Gasteiger partial charge in [-0.15, -0.1) is 34.2 Å². The third-order valence-electron chi connectivity index (χ3n) is 3.45. The molecule has 0 amide bonds. The van der Waals surface area contributed by atoms with Crippen molar-refractivity contribution in [3.8, 4) is 0 Å². The minimum atomic E-state index is 0. The number of rotatable bonds is 6. The first-order valence-electron chi connectivity index (χ1n) is 7.78. The maximum Gasteiger partial charge on any atom is 0.226 e. The molecule has 2 N–H and O–H groups in total. The summed E-state index contributed by atoms with van der Waals surface area (Å²) in [6.45, 7) is 3.10. The number of halogens is 1. The van der Waals surface area contributed by atoms with Gasteiger partial charge >= 0.3 is 0 Å². The topological polar surface area (TPSA) is 106 Å². The molecule has 134 valence electrons. The largest absolute Gasteiger partial charge is 0.356 e. The van der Waals surface area contributed by atoms with Crippen molar-refractivity contribution >= 4 is 35.6 Å². The number of aromatic nitrogens is 5. The number of fused-ring (bicyclic) bond motifs is 1. The Bertz CT molecular complexity index is 828. The number of guanidine groups is 1. The lowest BCUT2D eigenvalue weighted by Crippen LogP contribution is -2.37. The van der Waals surface area contributed by atoms with Crippen molar-refractivity contribution in [2.75, 3.05) is 13.6 Å². The van der Waals surface area contributed by atoms with E-state index < -0.39 is 0 Å². The van der Waals surface area contributed by atoms with Gasteiger partial charge in [-0.3, -0.25) is 9.39 Å². The average Bonchev–Trinajstić information content (AvgIpc) is 3.20. The van der Waals surface area contributed by atoms with Gasteiger partial charge in [0.25, 0.3) is 0 Å². The number of aryl methyl sites for hydroxylation is 2. The number of pyridine rings is 1. The molecule has 0 aromatic carbocycles. The van der Waals surface area contributed by atoms with Gasteiger partial charge in [-0.05, 0) is 25.5 Å². The summed E-state index contributed by atoms with van der Waals surface area (Å²) in [6, 6.07) is 5.81. The third kappa shape index (κ3) is 5.11. The van der Waals surface area contributed by atoms with Crippen LogP contribution in [0.4, 0.5) is 0 Å². The van der Waals surface area contributed by atoms with Gasteiger partial charge in [0.05, 0.1) is 6.54 Å². The molecule has 0 radical (unpaired) electrons. The van der Waals surface area contributed by atoms with Crippen LogP contribution in [0.1, 0.15) is 24.0 Å². The van der Waals surface area contributed by atoms with Crippen molar-refractivity contribution in [2.24, 2.45) is 4.99 Å². The molecule has 3 aromatic heterocycles. The van der Waals surface area contributed by atoms with Crippen molar-refractivity contribution in [1.29, 1.82) is 0 Å². The molecule has 0 aliphatic heterocycles. The van der Waals surface area contributed by atoms with Gasteiger partial charge in [-0.2, -0.15) is 4.98 Å². The van der Waals surface area contributed by atoms with Gasteiger partial charge in [0.15, 0.2) is 23.3 Å². The summed E-state index contributed by atoms with van der Waals surface area (Å²) in [5.41, 5.74) is 0.826. The van der Waals surface area contributed by atoms with E-state index >= 15 is 0 Å². The van der Waals surface area contributed by atoms with Crippen LogP contribution in [0.15, 0.2) is 33.9 Å². The van der Waals surface area contributed by atoms with E-state index in [0.717, 1.165) is 30.9 Å². The first-order chi connectivity index (χ1) is 11.8. The fraction of sp³-hybridized carbons (Fsp3) is 0.400. The number of hydrogen-bond acceptors (Lipinski definition) is 6. The van der Waals surface area contributed by atoms with Crippen LogP contribution in [0.5, 0.6) is 0 Å². The second kappa shape index (κ2) is 9.30. The van der Waals surface area contributed by atoms with E-state index in [4.69, 9.17) is 4.52 Å². The van der Waals surface area contributed by atoms with Gasteiger partial charge in [0, 0.05) is 26.2 Å². The SMILES string of the molecule is CN=C(NCCCc1nc(C)no1)NCc1nnc2ccccn12.I. The molecule has 3 aromatic rings. The van der Waals surface area contributed by atoms with E-state index in [9.17, 15) is 0 Å². The summed E-state index contributed by atoms with van der Waals surface area (Å²) >= 11 is 0. The molecule has 0 aliphatic carbocycles. The predicted molar refractivity (Wildman–Crippen MR) is 104 cm³/mol. The number of aliphatic imine (C=N–C) groups is 1. The Hall–Kier alpha value is -2.24. The summed E-state index contributed by atoms with van der Waals surface area (Å²) in [5, 5.41) is 18.6. The lowest BCUT2D eigenvalue weighted by Gasteiger charge is -2.10. The Morgan fingerprint density at radius 2 is 2.16 bits per heavy atom. The highest BCUT2D eigenvalue weighted by Crippen LogP contribution is 2.02. The minimum absolute atomic E-state index is 0. The fourth-order valence-electron chi connectivity index (χ4n) is 2.28. The van der Waals surface area contributed by atoms with Crippen molar-refractivity contribution < 1.29 is 4.52 Å². The Morgan fingerprint density at radius 1 is 1.28 bits per heavy atom. The molecule has 3 heterocycles. The first-order valence-corrected chi connectivity index (χ1v) is 7.78. The summed E-state index contributed by atoms with van der Waals surface area (Å²) in [5.74, 6) is 2.86. The van der Waals surface area contributed by atoms with Gasteiger partial charge < -0.3 is 15.2 Å². The predicted octanol–water partition coefficient (Wildman–Crippen LogP) is 1.34. The molecule has 10 heteroatoms. The molecular formula is C15H21IN8O. The van der Waals surface area contributed by atoms with E-state index in [1.165, 1.54) is 0 Å². The van der Waals surface area contributed by atoms with Gasteiger partial charge in [-0.1, -0.05) is 11.2 Å². The summed E-state index contributed by atoms with van der Waals surface area (Å²) in [4.78, 5) is 8.38. The Kier molecular flexibility index (Phi) is 7.10. The van der Waals surface area contributed by atoms with Crippen LogP contribution < -0.4 is 10.6 Å². The molecule has 9 nitrogen and oxygen atoms in total. The summed E-state index contributed by atoms with van der Waals surface area (Å²) < 4.78 is 7.02. The molecular weight excluding hydrogens is 435 g/mol. The second-order valence-electron chi connectivity index (χ2n) is 5.24. The van der Waals surface area contributed by atoms with Crippen LogP contribution in [0.2, 0.25) is 0 Å². The highest BCUT2D eigenvalue weighted by atomic mass is 127. The average molecular weight is 456 g/mol. The number of hydrogen-bond donors (Lipinski definition) is 2. The number of nitrogens with one attached hydrogen (secondary N) is 2. The molecule has 0 unspecified atom stereocenters. The fourth-order valence-corrected chi connectivity index (χ4v) is 2.28. The molecule has 0 saturated heterocycles. The summed E-state index contributed by atoms with van der Waals surface area (Å²) in [6.07, 6.45) is 3.55. The van der Waals surface area contributed by atoms with E-state index in [1.54, 1.807) is 7.05 Å². The van der Waals surface area contributed by atoms with E-state index in [-0.39, 0.29) is 24.0 Å². The molecule has 0 spiro atoms. The minimum Gasteiger partial charge on any atom is -0.356 e. The molecule has 0 atom stereocenters. The lowest BCUT2D eigenvalue weighted by atomic mass is 10.3. The van der Waals surface area contributed by atoms with Crippen molar-refractivity contribution in [3.05, 3.63) is 41.9 Å². The van der Waals surface area contributed by atoms with Crippen LogP contribution in [0.3, 0.4) is 0 Å². The van der Waals surface area contributed by atoms with Gasteiger partial charge in [0.1, 0.15) is 0 Å². The van der Waals surface area contributed by atoms with Gasteiger partial charge in [0.2, 0.25) is 5.89 Å². The lowest BCUT2D eigenvalue weighted by molar-refractivity contribution is 0.372. The Labute approximate surface area is 162 Å². The Balaban J connectivity index is 0.00000225. The highest BCUT2D eigenvalue weighted by molar-refractivity contribution is 14.0. The van der Waals surface area contributed by atoms with Gasteiger partial charge in [-0.25, -0.2) is 0 Å². The highest BCUT2D eigenvalue weighted by Gasteiger charge is 2.06. The Morgan fingerprint density at radius 3 is 2.92 bits per heavy atom. The van der Waals surface area contributed by atoms with E-state index in [0.29, 0.717) is 24.2 Å². The normalized spacial score (nSPS) is 11.4. The molecule has 0 saturated carbocycles. The third-order valence-corrected chi connectivity index (χ3v) is 3.45. The molecule has 0 fully saturated rings. The van der Waals surface area contributed by atoms with E-state index in [1.807, 2.05) is 35.7 Å². The van der Waals surface area contributed by atoms with E-state index in [2.05, 4.69) is 36.0 Å². The summed E-state index contributed by atoms with van der Waals surface area (Å²) in [7, 11) is 1.73. The zero-order chi connectivity index (χ0) is 16.8. The van der Waals surface area contributed by atoms with Crippen LogP contribution in [-0.4, -0.2) is 44.3 Å². The quantitative estimate of drug-likeness (QED) is 0.250. The monoisotopic (exact) mass is 456 g/mol. The zero-order valence-corrected chi connectivity index (χ0v) is 16.5. The second-order valence-corrected chi connectivity index (χ2v) is 5.24. The number of nitrogens with zero attached hydrogens (tertiary/aromatic N) is 6. The van der Waals surface area contributed by atoms with Crippen molar-refractivity contribution in [2.45, 2.75) is 26.3 Å². The first kappa shape index (κ1) is 19.1. The van der Waals surface area contributed by atoms with Crippen molar-refractivity contribution in [3.63, 3.8) is 0 Å². The van der Waals surface area contributed by atoms with Crippen LogP contribution in [0.25, 0.3) is 5.65 Å². The molecule has 3 rings (SSSR count). The zero-order valence-electron chi connectivity index (χ0n) is 14.1. The van der Waals surface area contributed by atoms with Crippen LogP contribution in [-0.2, 0) is 13.0 Å². The van der Waals surface area contributed by atoms with Crippen LogP contribution >= 0.6 is 24.0 Å². The molecule has 0 aliphatic rings. The maximum absolute atomic E-state index is 5.08. The van der Waals surface area contributed by atoms with Crippen LogP contribution in [0, 0.1) is 6.92 Å². The van der Waals surface area contributed by atoms with Crippen molar-refractivity contribution in [1.82, 2.24) is 35.4 Å². The molecule has 25 heavy (non-hydrogen) atoms. The standard InChI is InChI=1S/C15H20N8O.HI/c1-11-19-14(24-22-11)7-5-8-17-15(16-2)18-10-13-21-20-12-6-3-4-9-23(12)13;/h3-4,6,9H,5,7-8,10H2,1-2H3,(H2,16,17,18);1H. The maximum atomic E-state index is 5.08.